The summed E-state index contributed by atoms with van der Waals surface area (Å²) in [5.41, 5.74) is 0.840. The van der Waals surface area contributed by atoms with Gasteiger partial charge < -0.3 is 20.5 Å². The molecular weight excluding hydrogens is 276 g/mol. The van der Waals surface area contributed by atoms with Gasteiger partial charge in [0.25, 0.3) is 0 Å². The molecule has 0 aliphatic heterocycles. The molecule has 0 saturated heterocycles. The first-order chi connectivity index (χ1) is 9.99. The van der Waals surface area contributed by atoms with Crippen molar-refractivity contribution >= 4 is 18.0 Å². The highest BCUT2D eigenvalue weighted by molar-refractivity contribution is 5.82. The molecule has 3 N–H and O–H groups in total. The fourth-order valence-corrected chi connectivity index (χ4v) is 1.34. The standard InChI is InChI=1S/C14H18N2O5/c1-10(13(18)19)7-15-12(17)8-16-14(20)21-9-11-5-3-2-4-6-11/h2-6,10H,7-9H2,1H3,(H,15,17)(H,16,20)(H,18,19). The van der Waals surface area contributed by atoms with Crippen molar-refractivity contribution in [2.24, 2.45) is 5.92 Å². The first kappa shape index (κ1) is 16.5. The maximum absolute atomic E-state index is 11.4. The number of nitrogens with one attached hydrogen (secondary N) is 2. The second kappa shape index (κ2) is 8.57. The van der Waals surface area contributed by atoms with E-state index in [0.29, 0.717) is 0 Å². The van der Waals surface area contributed by atoms with Crippen molar-refractivity contribution in [1.82, 2.24) is 10.6 Å². The van der Waals surface area contributed by atoms with E-state index >= 15 is 0 Å². The van der Waals surface area contributed by atoms with Gasteiger partial charge >= 0.3 is 12.1 Å². The number of amides is 2. The van der Waals surface area contributed by atoms with Gasteiger partial charge in [0.15, 0.2) is 0 Å². The van der Waals surface area contributed by atoms with E-state index in [1.54, 1.807) is 0 Å². The molecule has 0 aliphatic carbocycles. The summed E-state index contributed by atoms with van der Waals surface area (Å²) >= 11 is 0. The number of carbonyl (C=O) groups is 3. The minimum atomic E-state index is -0.995. The van der Waals surface area contributed by atoms with E-state index in [4.69, 9.17) is 9.84 Å². The normalized spacial score (nSPS) is 11.3. The van der Waals surface area contributed by atoms with Crippen molar-refractivity contribution in [1.29, 1.82) is 0 Å². The van der Waals surface area contributed by atoms with Crippen LogP contribution in [-0.2, 0) is 20.9 Å². The highest BCUT2D eigenvalue weighted by Gasteiger charge is 2.12. The molecule has 0 fully saturated rings. The van der Waals surface area contributed by atoms with Crippen LogP contribution in [0.4, 0.5) is 4.79 Å². The van der Waals surface area contributed by atoms with E-state index < -0.39 is 23.9 Å². The van der Waals surface area contributed by atoms with Gasteiger partial charge in [-0.3, -0.25) is 9.59 Å². The molecule has 0 heterocycles. The Morgan fingerprint density at radius 3 is 2.48 bits per heavy atom. The summed E-state index contributed by atoms with van der Waals surface area (Å²) in [6, 6.07) is 9.13. The van der Waals surface area contributed by atoms with Gasteiger partial charge in [-0.15, -0.1) is 0 Å². The lowest BCUT2D eigenvalue weighted by Crippen LogP contribution is -2.39. The lowest BCUT2D eigenvalue weighted by atomic mass is 10.2. The third kappa shape index (κ3) is 6.95. The average molecular weight is 294 g/mol. The smallest absolute Gasteiger partial charge is 0.407 e. The van der Waals surface area contributed by atoms with Gasteiger partial charge in [0.2, 0.25) is 5.91 Å². The predicted molar refractivity (Wildman–Crippen MR) is 74.4 cm³/mol. The zero-order valence-corrected chi connectivity index (χ0v) is 11.7. The first-order valence-electron chi connectivity index (χ1n) is 6.43. The molecule has 0 saturated carbocycles. The number of hydrogen-bond acceptors (Lipinski definition) is 4. The molecule has 1 atom stereocenters. The van der Waals surface area contributed by atoms with E-state index in [0.717, 1.165) is 5.56 Å². The second-order valence-corrected chi connectivity index (χ2v) is 4.46. The lowest BCUT2D eigenvalue weighted by molar-refractivity contribution is -0.141. The maximum Gasteiger partial charge on any atom is 0.407 e. The largest absolute Gasteiger partial charge is 0.481 e. The minimum Gasteiger partial charge on any atom is -0.481 e. The summed E-state index contributed by atoms with van der Waals surface area (Å²) in [4.78, 5) is 33.3. The second-order valence-electron chi connectivity index (χ2n) is 4.46. The number of benzene rings is 1. The van der Waals surface area contributed by atoms with E-state index in [1.165, 1.54) is 6.92 Å². The van der Waals surface area contributed by atoms with Gasteiger partial charge in [0, 0.05) is 6.54 Å². The molecular formula is C14H18N2O5. The minimum absolute atomic E-state index is 0.00884. The van der Waals surface area contributed by atoms with Gasteiger partial charge in [-0.2, -0.15) is 0 Å². The number of carboxylic acids is 1. The predicted octanol–water partition coefficient (Wildman–Crippen LogP) is 0.750. The maximum atomic E-state index is 11.4. The molecule has 1 unspecified atom stereocenters. The Hall–Kier alpha value is -2.57. The summed E-state index contributed by atoms with van der Waals surface area (Å²) in [6.07, 6.45) is -0.708. The van der Waals surface area contributed by atoms with Gasteiger partial charge in [0.05, 0.1) is 12.5 Å². The molecule has 21 heavy (non-hydrogen) atoms. The number of aliphatic carboxylic acids is 1. The summed E-state index contributed by atoms with van der Waals surface area (Å²) in [6.45, 7) is 1.34. The monoisotopic (exact) mass is 294 g/mol. The van der Waals surface area contributed by atoms with Crippen LogP contribution in [-0.4, -0.2) is 36.2 Å². The van der Waals surface area contributed by atoms with E-state index in [9.17, 15) is 14.4 Å². The SMILES string of the molecule is CC(CNC(=O)CNC(=O)OCc1ccccc1)C(=O)O. The van der Waals surface area contributed by atoms with E-state index in [1.807, 2.05) is 30.3 Å². The first-order valence-corrected chi connectivity index (χ1v) is 6.43. The van der Waals surface area contributed by atoms with Crippen LogP contribution in [0.1, 0.15) is 12.5 Å². The number of alkyl carbamates (subject to hydrolysis) is 1. The molecule has 0 spiro atoms. The van der Waals surface area contributed by atoms with Crippen molar-refractivity contribution in [3.63, 3.8) is 0 Å². The Morgan fingerprint density at radius 2 is 1.86 bits per heavy atom. The Morgan fingerprint density at radius 1 is 1.19 bits per heavy atom. The van der Waals surface area contributed by atoms with Crippen LogP contribution in [0.3, 0.4) is 0 Å². The van der Waals surface area contributed by atoms with Crippen molar-refractivity contribution in [3.8, 4) is 0 Å². The summed E-state index contributed by atoms with van der Waals surface area (Å²) in [5.74, 6) is -2.15. The molecule has 7 heteroatoms. The van der Waals surface area contributed by atoms with E-state index in [2.05, 4.69) is 10.6 Å². The molecule has 114 valence electrons. The zero-order chi connectivity index (χ0) is 15.7. The molecule has 1 aromatic rings. The number of carbonyl (C=O) groups excluding carboxylic acids is 2. The van der Waals surface area contributed by atoms with Crippen LogP contribution in [0.15, 0.2) is 30.3 Å². The molecule has 0 bridgehead atoms. The number of hydrogen-bond donors (Lipinski definition) is 3. The highest BCUT2D eigenvalue weighted by Crippen LogP contribution is 2.00. The molecule has 0 aromatic heterocycles. The van der Waals surface area contributed by atoms with Gasteiger partial charge in [-0.05, 0) is 5.56 Å². The molecule has 1 rings (SSSR count). The molecule has 0 aliphatic rings. The Labute approximate surface area is 122 Å². The van der Waals surface area contributed by atoms with Crippen molar-refractivity contribution in [3.05, 3.63) is 35.9 Å². The zero-order valence-electron chi connectivity index (χ0n) is 11.7. The molecule has 7 nitrogen and oxygen atoms in total. The quantitative estimate of drug-likeness (QED) is 0.688. The van der Waals surface area contributed by atoms with Gasteiger partial charge in [-0.25, -0.2) is 4.79 Å². The topological polar surface area (TPSA) is 105 Å². The summed E-state index contributed by atoms with van der Waals surface area (Å²) in [7, 11) is 0. The molecule has 2 amide bonds. The van der Waals surface area contributed by atoms with E-state index in [-0.39, 0.29) is 19.7 Å². The Balaban J connectivity index is 2.17. The van der Waals surface area contributed by atoms with Gasteiger partial charge in [0.1, 0.15) is 6.61 Å². The average Bonchev–Trinajstić information content (AvgIpc) is 2.49. The van der Waals surface area contributed by atoms with Crippen molar-refractivity contribution in [2.45, 2.75) is 13.5 Å². The van der Waals surface area contributed by atoms with Crippen LogP contribution in [0.5, 0.6) is 0 Å². The number of rotatable bonds is 7. The Bertz CT molecular complexity index is 489. The summed E-state index contributed by atoms with van der Waals surface area (Å²) < 4.78 is 4.92. The van der Waals surface area contributed by atoms with Crippen molar-refractivity contribution in [2.75, 3.05) is 13.1 Å². The number of carboxylic acid groups (broad SMARTS) is 1. The lowest BCUT2D eigenvalue weighted by Gasteiger charge is -2.09. The fraction of sp³-hybridized carbons (Fsp3) is 0.357. The van der Waals surface area contributed by atoms with Crippen LogP contribution in [0.25, 0.3) is 0 Å². The third-order valence-electron chi connectivity index (χ3n) is 2.63. The third-order valence-corrected chi connectivity index (χ3v) is 2.63. The molecule has 1 aromatic carbocycles. The highest BCUT2D eigenvalue weighted by atomic mass is 16.5. The van der Waals surface area contributed by atoms with Crippen LogP contribution in [0, 0.1) is 5.92 Å². The van der Waals surface area contributed by atoms with Crippen molar-refractivity contribution < 1.29 is 24.2 Å². The van der Waals surface area contributed by atoms with Crippen LogP contribution >= 0.6 is 0 Å². The summed E-state index contributed by atoms with van der Waals surface area (Å²) in [5, 5.41) is 13.3. The van der Waals surface area contributed by atoms with Gasteiger partial charge in [-0.1, -0.05) is 37.3 Å². The Kier molecular flexibility index (Phi) is 6.73. The number of ether oxygens (including phenoxy) is 1. The fourth-order valence-electron chi connectivity index (χ4n) is 1.34. The molecule has 0 radical (unpaired) electrons. The van der Waals surface area contributed by atoms with Crippen LogP contribution in [0.2, 0.25) is 0 Å². The van der Waals surface area contributed by atoms with Crippen LogP contribution < -0.4 is 10.6 Å².